The van der Waals surface area contributed by atoms with E-state index in [-0.39, 0.29) is 56.0 Å². The van der Waals surface area contributed by atoms with Crippen molar-refractivity contribution in [1.82, 2.24) is 0 Å². The Morgan fingerprint density at radius 1 is 0.432 bits per heavy atom. The second-order valence-corrected chi connectivity index (χ2v) is 24.2. The molecule has 0 radical (unpaired) electrons. The predicted molar refractivity (Wildman–Crippen MR) is 311 cm³/mol. The van der Waals surface area contributed by atoms with E-state index in [1.807, 2.05) is 13.8 Å². The summed E-state index contributed by atoms with van der Waals surface area (Å²) in [4.78, 5) is 32.8. The van der Waals surface area contributed by atoms with Gasteiger partial charge in [0.1, 0.15) is 6.61 Å². The van der Waals surface area contributed by atoms with Crippen LogP contribution in [-0.4, -0.2) is 54.9 Å². The number of rotatable bonds is 57. The molecule has 0 saturated heterocycles. The van der Waals surface area contributed by atoms with E-state index >= 15 is 0 Å². The first-order valence-electron chi connectivity index (χ1n) is 31.5. The summed E-state index contributed by atoms with van der Waals surface area (Å²) in [5.41, 5.74) is 0. The molecular formula is C61H123NaO10PS+. The quantitative estimate of drug-likeness (QED) is 0.0198. The molecular weight excluding hydrogens is 979 g/mol. The Morgan fingerprint density at radius 3 is 0.932 bits per heavy atom. The Bertz CT molecular complexity index is 1300. The van der Waals surface area contributed by atoms with E-state index in [2.05, 4.69) is 25.3 Å². The summed E-state index contributed by atoms with van der Waals surface area (Å²) in [7, 11) is -7.17. The van der Waals surface area contributed by atoms with Crippen molar-refractivity contribution >= 4 is 30.3 Å². The van der Waals surface area contributed by atoms with Gasteiger partial charge in [-0.3, -0.25) is 14.1 Å². The van der Waals surface area contributed by atoms with Crippen LogP contribution in [0.5, 0.6) is 0 Å². The minimum absolute atomic E-state index is 0. The van der Waals surface area contributed by atoms with E-state index < -0.39 is 42.0 Å². The maximum atomic E-state index is 12.2. The second-order valence-electron chi connectivity index (χ2n) is 21.9. The normalized spacial score (nSPS) is 12.9. The third-order valence-electron chi connectivity index (χ3n) is 15.0. The van der Waals surface area contributed by atoms with Gasteiger partial charge in [0.25, 0.3) is 10.1 Å². The molecule has 4 atom stereocenters. The van der Waals surface area contributed by atoms with Gasteiger partial charge in [-0.05, 0) is 31.1 Å². The van der Waals surface area contributed by atoms with Gasteiger partial charge in [-0.2, -0.15) is 8.42 Å². The fourth-order valence-electron chi connectivity index (χ4n) is 9.68. The number of carbonyl (C=O) groups is 2. The summed E-state index contributed by atoms with van der Waals surface area (Å²) >= 11 is 0. The summed E-state index contributed by atoms with van der Waals surface area (Å²) in [5, 5.41) is -1.95. The Hall–Kier alpha value is -0.130. The van der Waals surface area contributed by atoms with Gasteiger partial charge in [-0.25, -0.2) is 0 Å². The van der Waals surface area contributed by atoms with Crippen LogP contribution in [-0.2, 0) is 38.3 Å². The second kappa shape index (κ2) is 62.1. The molecule has 2 N–H and O–H groups in total. The Morgan fingerprint density at radius 2 is 0.689 bits per heavy atom. The van der Waals surface area contributed by atoms with Crippen LogP contribution < -0.4 is 29.6 Å². The van der Waals surface area contributed by atoms with Crippen molar-refractivity contribution in [3.05, 3.63) is 0 Å². The molecule has 0 bridgehead atoms. The number of hydrogen-bond donors (Lipinski definition) is 2. The maximum absolute atomic E-state index is 12.2. The van der Waals surface area contributed by atoms with E-state index in [1.54, 1.807) is 0 Å². The molecule has 4 unspecified atom stereocenters. The van der Waals surface area contributed by atoms with Crippen LogP contribution in [0.3, 0.4) is 0 Å². The molecule has 13 heteroatoms. The van der Waals surface area contributed by atoms with E-state index in [4.69, 9.17) is 14.4 Å². The van der Waals surface area contributed by atoms with Gasteiger partial charge in [0, 0.05) is 4.57 Å². The molecule has 0 aliphatic heterocycles. The Labute approximate surface area is 484 Å². The van der Waals surface area contributed by atoms with Gasteiger partial charge in [0.05, 0.1) is 19.6 Å². The molecule has 0 fully saturated rings. The largest absolute Gasteiger partial charge is 1.00 e. The number of unbranched alkanes of at least 4 members (excludes halogenated alkanes) is 40. The average molecular weight is 1100 g/mol. The van der Waals surface area contributed by atoms with Gasteiger partial charge in [0.15, 0.2) is 5.25 Å². The zero-order valence-electron chi connectivity index (χ0n) is 50.8. The van der Waals surface area contributed by atoms with Crippen LogP contribution >= 0.6 is 8.25 Å². The molecule has 10 nitrogen and oxygen atoms in total. The smallest absolute Gasteiger partial charge is 1.00 e. The zero-order chi connectivity index (χ0) is 54.1. The van der Waals surface area contributed by atoms with E-state index in [1.165, 1.54) is 238 Å². The molecule has 0 aliphatic carbocycles. The first-order valence-corrected chi connectivity index (χ1v) is 34.2. The van der Waals surface area contributed by atoms with Crippen molar-refractivity contribution in [1.29, 1.82) is 0 Å². The van der Waals surface area contributed by atoms with E-state index in [9.17, 15) is 27.1 Å². The summed E-state index contributed by atoms with van der Waals surface area (Å²) in [6.45, 7) is 11.1. The van der Waals surface area contributed by atoms with Crippen molar-refractivity contribution in [2.45, 2.75) is 348 Å². The first kappa shape index (κ1) is 78.1. The van der Waals surface area contributed by atoms with Crippen LogP contribution in [0.25, 0.3) is 0 Å². The Balaban J connectivity index is -0.000000725. The summed E-state index contributed by atoms with van der Waals surface area (Å²) < 4.78 is 57.9. The fourth-order valence-corrected chi connectivity index (χ4v) is 10.6. The van der Waals surface area contributed by atoms with Crippen LogP contribution in [0.15, 0.2) is 0 Å². The molecule has 0 aromatic rings. The molecule has 0 aliphatic rings. The van der Waals surface area contributed by atoms with Crippen molar-refractivity contribution in [2.24, 2.45) is 11.8 Å². The standard InChI is InChI=1S/C41H83O3P.C20H38O7S.Na.H/c1-2-3-4-5-6-7-8-9-10-11-12-13-14-15-16-17-18-19-20-21-22-23-24-25-26-27-28-29-30-31-32-33-34-35-36-37-38-39-40-41-44-45(42)43;1-5-9-11-16(7-3)14-26-19(21)13-18(28(23,24)25)20(22)27-15-17(8-4)12-10-6-2;;/h2-41H2,1H3;16-18H,5-15H2,1-4H3,(H,23,24,25);;/q;;+1;-1/p+1. The van der Waals surface area contributed by atoms with Crippen molar-refractivity contribution in [3.63, 3.8) is 0 Å². The molecule has 0 aromatic carbocycles. The molecule has 0 spiro atoms. The maximum Gasteiger partial charge on any atom is 1.00 e. The minimum atomic E-state index is -4.76. The third-order valence-corrected chi connectivity index (χ3v) is 16.4. The topological polar surface area (TPSA) is 154 Å². The fraction of sp³-hybridized carbons (Fsp3) is 0.967. The van der Waals surface area contributed by atoms with Gasteiger partial charge in [-0.1, -0.05) is 317 Å². The predicted octanol–water partition coefficient (Wildman–Crippen LogP) is 17.2. The third kappa shape index (κ3) is 59.5. The van der Waals surface area contributed by atoms with Crippen LogP contribution in [0.2, 0.25) is 0 Å². The minimum Gasteiger partial charge on any atom is -1.00 e. The molecule has 74 heavy (non-hydrogen) atoms. The van der Waals surface area contributed by atoms with Crippen molar-refractivity contribution in [2.75, 3.05) is 19.8 Å². The average Bonchev–Trinajstić information content (AvgIpc) is 3.37. The molecule has 0 heterocycles. The zero-order valence-corrected chi connectivity index (χ0v) is 53.5. The number of hydrogen-bond acceptors (Lipinski definition) is 8. The molecule has 0 saturated carbocycles. The molecule has 438 valence electrons. The monoisotopic (exact) mass is 1100 g/mol. The summed E-state index contributed by atoms with van der Waals surface area (Å²) in [5.74, 6) is -1.61. The van der Waals surface area contributed by atoms with Gasteiger partial charge < -0.3 is 10.9 Å². The van der Waals surface area contributed by atoms with Gasteiger partial charge in [0.2, 0.25) is 0 Å². The van der Waals surface area contributed by atoms with E-state index in [0.29, 0.717) is 6.61 Å². The van der Waals surface area contributed by atoms with Gasteiger partial charge >= 0.3 is 49.8 Å². The van der Waals surface area contributed by atoms with Crippen molar-refractivity contribution in [3.8, 4) is 0 Å². The molecule has 0 aromatic heterocycles. The first-order chi connectivity index (χ1) is 35.5. The Kier molecular flexibility index (Phi) is 65.5. The van der Waals surface area contributed by atoms with Crippen LogP contribution in [0.1, 0.15) is 344 Å². The van der Waals surface area contributed by atoms with Crippen LogP contribution in [0, 0.1) is 11.8 Å². The number of ether oxygens (including phenoxy) is 2. The SMILES string of the molecule is CCCCC(CC)COC(=O)CC(C(=O)OCC(CC)CCCC)S(=O)(=O)O.CCCCCCCCCCCCCCCCCCCCCCCCCCCCCCCCCCCCCCCCCO[P+](=O)O.[H-].[Na+]. The number of carbonyl (C=O) groups excluding carboxylic acids is 2. The summed E-state index contributed by atoms with van der Waals surface area (Å²) in [6.07, 6.45) is 62.3. The number of esters is 2. The molecule has 0 rings (SSSR count). The van der Waals surface area contributed by atoms with Crippen LogP contribution in [0.4, 0.5) is 0 Å². The van der Waals surface area contributed by atoms with Gasteiger partial charge in [-0.15, -0.1) is 9.42 Å². The van der Waals surface area contributed by atoms with Crippen molar-refractivity contribution < 1.29 is 77.0 Å². The molecule has 0 amide bonds. The summed E-state index contributed by atoms with van der Waals surface area (Å²) in [6, 6.07) is 0. The van der Waals surface area contributed by atoms with E-state index in [0.717, 1.165) is 64.2 Å².